The van der Waals surface area contributed by atoms with Gasteiger partial charge in [-0.2, -0.15) is 13.2 Å². The Morgan fingerprint density at radius 2 is 1.64 bits per heavy atom. The summed E-state index contributed by atoms with van der Waals surface area (Å²) in [6, 6.07) is 6.03. The predicted octanol–water partition coefficient (Wildman–Crippen LogP) is 4.43. The van der Waals surface area contributed by atoms with Crippen molar-refractivity contribution in [3.8, 4) is 0 Å². The van der Waals surface area contributed by atoms with E-state index in [2.05, 4.69) is 0 Å². The van der Waals surface area contributed by atoms with Gasteiger partial charge in [-0.25, -0.2) is 8.42 Å². The average molecular weight is 370 g/mol. The van der Waals surface area contributed by atoms with Crippen molar-refractivity contribution in [2.45, 2.75) is 16.0 Å². The van der Waals surface area contributed by atoms with E-state index in [1.54, 1.807) is 0 Å². The standard InChI is InChI=1S/C13H8Cl2F3NO2S/c14-7-1-3-10(15)12(5-7)22(20,21)8-2-4-11(19)9(6-8)13(16,17)18/h1-6H,19H2. The molecule has 9 heteroatoms. The van der Waals surface area contributed by atoms with Crippen LogP contribution in [0.5, 0.6) is 0 Å². The van der Waals surface area contributed by atoms with E-state index in [1.165, 1.54) is 12.1 Å². The summed E-state index contributed by atoms with van der Waals surface area (Å²) in [6.07, 6.45) is -4.77. The van der Waals surface area contributed by atoms with Crippen LogP contribution in [0.15, 0.2) is 46.2 Å². The lowest BCUT2D eigenvalue weighted by Crippen LogP contribution is -2.11. The molecule has 2 aromatic rings. The summed E-state index contributed by atoms with van der Waals surface area (Å²) in [6.45, 7) is 0. The molecule has 2 rings (SSSR count). The molecule has 0 aromatic heterocycles. The third-order valence-corrected chi connectivity index (χ3v) is 5.29. The van der Waals surface area contributed by atoms with Gasteiger partial charge in [0.25, 0.3) is 0 Å². The lowest BCUT2D eigenvalue weighted by Gasteiger charge is -2.13. The van der Waals surface area contributed by atoms with Gasteiger partial charge in [0, 0.05) is 10.7 Å². The monoisotopic (exact) mass is 369 g/mol. The first-order valence-corrected chi connectivity index (χ1v) is 7.94. The van der Waals surface area contributed by atoms with Crippen molar-refractivity contribution < 1.29 is 21.6 Å². The van der Waals surface area contributed by atoms with Crippen molar-refractivity contribution in [1.29, 1.82) is 0 Å². The third-order valence-electron chi connectivity index (χ3n) is 2.82. The first-order valence-electron chi connectivity index (χ1n) is 5.70. The van der Waals surface area contributed by atoms with Crippen molar-refractivity contribution >= 4 is 38.7 Å². The number of rotatable bonds is 2. The molecule has 0 atom stereocenters. The van der Waals surface area contributed by atoms with Crippen molar-refractivity contribution in [1.82, 2.24) is 0 Å². The van der Waals surface area contributed by atoms with Gasteiger partial charge in [-0.15, -0.1) is 0 Å². The SMILES string of the molecule is Nc1ccc(S(=O)(=O)c2cc(Cl)ccc2Cl)cc1C(F)(F)F. The van der Waals surface area contributed by atoms with Crippen molar-refractivity contribution in [3.05, 3.63) is 52.0 Å². The molecule has 0 aliphatic carbocycles. The van der Waals surface area contributed by atoms with E-state index in [0.29, 0.717) is 6.07 Å². The zero-order chi connectivity index (χ0) is 16.7. The number of hydrogen-bond donors (Lipinski definition) is 1. The maximum Gasteiger partial charge on any atom is 0.418 e. The summed E-state index contributed by atoms with van der Waals surface area (Å²) >= 11 is 11.5. The van der Waals surface area contributed by atoms with Gasteiger partial charge in [0.2, 0.25) is 9.84 Å². The molecule has 2 aromatic carbocycles. The normalized spacial score (nSPS) is 12.4. The number of nitrogen functional groups attached to an aromatic ring is 1. The zero-order valence-electron chi connectivity index (χ0n) is 10.7. The molecule has 118 valence electrons. The molecule has 0 saturated heterocycles. The molecule has 0 heterocycles. The molecule has 0 bridgehead atoms. The van der Waals surface area contributed by atoms with E-state index in [1.807, 2.05) is 0 Å². The van der Waals surface area contributed by atoms with Gasteiger partial charge in [-0.05, 0) is 36.4 Å². The molecule has 0 aliphatic heterocycles. The number of anilines is 1. The maximum absolute atomic E-state index is 12.8. The summed E-state index contributed by atoms with van der Waals surface area (Å²) < 4.78 is 63.4. The molecule has 3 nitrogen and oxygen atoms in total. The minimum absolute atomic E-state index is 0.0921. The highest BCUT2D eigenvalue weighted by molar-refractivity contribution is 7.91. The second kappa shape index (κ2) is 5.64. The van der Waals surface area contributed by atoms with Gasteiger partial charge in [0.05, 0.1) is 20.4 Å². The minimum Gasteiger partial charge on any atom is -0.398 e. The van der Waals surface area contributed by atoms with E-state index in [-0.39, 0.29) is 14.9 Å². The molecule has 22 heavy (non-hydrogen) atoms. The fourth-order valence-corrected chi connectivity index (χ4v) is 3.80. The number of alkyl halides is 3. The van der Waals surface area contributed by atoms with Gasteiger partial charge < -0.3 is 5.73 Å². The van der Waals surface area contributed by atoms with Crippen molar-refractivity contribution in [3.63, 3.8) is 0 Å². The van der Waals surface area contributed by atoms with Crippen LogP contribution in [0.4, 0.5) is 18.9 Å². The Hall–Kier alpha value is -1.44. The fourth-order valence-electron chi connectivity index (χ4n) is 1.76. The van der Waals surface area contributed by atoms with Gasteiger partial charge in [0.15, 0.2) is 0 Å². The molecule has 0 radical (unpaired) electrons. The van der Waals surface area contributed by atoms with E-state index < -0.39 is 32.2 Å². The molecule has 0 aliphatic rings. The van der Waals surface area contributed by atoms with E-state index in [9.17, 15) is 21.6 Å². The maximum atomic E-state index is 12.8. The van der Waals surface area contributed by atoms with Crippen LogP contribution >= 0.6 is 23.2 Å². The van der Waals surface area contributed by atoms with Crippen LogP contribution < -0.4 is 5.73 Å². The molecule has 0 spiro atoms. The Balaban J connectivity index is 2.67. The molecular formula is C13H8Cl2F3NO2S. The highest BCUT2D eigenvalue weighted by Gasteiger charge is 2.34. The van der Waals surface area contributed by atoms with Crippen LogP contribution in [0.25, 0.3) is 0 Å². The van der Waals surface area contributed by atoms with Gasteiger partial charge in [0.1, 0.15) is 0 Å². The average Bonchev–Trinajstić information content (AvgIpc) is 2.40. The molecule has 0 amide bonds. The van der Waals surface area contributed by atoms with Crippen LogP contribution in [0.1, 0.15) is 5.56 Å². The second-order valence-electron chi connectivity index (χ2n) is 4.32. The number of nitrogens with two attached hydrogens (primary N) is 1. The van der Waals surface area contributed by atoms with Crippen LogP contribution in [0, 0.1) is 0 Å². The fraction of sp³-hybridized carbons (Fsp3) is 0.0769. The smallest absolute Gasteiger partial charge is 0.398 e. The molecular weight excluding hydrogens is 362 g/mol. The number of benzene rings is 2. The summed E-state index contributed by atoms with van der Waals surface area (Å²) in [5.74, 6) is 0. The van der Waals surface area contributed by atoms with E-state index >= 15 is 0 Å². The summed E-state index contributed by atoms with van der Waals surface area (Å²) in [7, 11) is -4.26. The Morgan fingerprint density at radius 3 is 2.23 bits per heavy atom. The topological polar surface area (TPSA) is 60.2 Å². The van der Waals surface area contributed by atoms with Crippen molar-refractivity contribution in [2.75, 3.05) is 5.73 Å². The zero-order valence-corrected chi connectivity index (χ0v) is 13.0. The summed E-state index contributed by atoms with van der Waals surface area (Å²) in [5, 5.41) is -0.0516. The van der Waals surface area contributed by atoms with Gasteiger partial charge in [-0.1, -0.05) is 23.2 Å². The third kappa shape index (κ3) is 3.16. The second-order valence-corrected chi connectivity index (χ2v) is 7.09. The van der Waals surface area contributed by atoms with E-state index in [4.69, 9.17) is 28.9 Å². The summed E-state index contributed by atoms with van der Waals surface area (Å²) in [5.41, 5.74) is 3.45. The Kier molecular flexibility index (Phi) is 4.34. The molecule has 0 unspecified atom stereocenters. The quantitative estimate of drug-likeness (QED) is 0.796. The largest absolute Gasteiger partial charge is 0.418 e. The Labute approximate surface area is 134 Å². The van der Waals surface area contributed by atoms with Gasteiger partial charge in [-0.3, -0.25) is 0 Å². The highest BCUT2D eigenvalue weighted by atomic mass is 35.5. The van der Waals surface area contributed by atoms with Crippen LogP contribution in [-0.4, -0.2) is 8.42 Å². The van der Waals surface area contributed by atoms with Crippen LogP contribution in [0.2, 0.25) is 10.0 Å². The lowest BCUT2D eigenvalue weighted by molar-refractivity contribution is -0.137. The first-order chi connectivity index (χ1) is 10.0. The van der Waals surface area contributed by atoms with Crippen molar-refractivity contribution in [2.24, 2.45) is 0 Å². The molecule has 2 N–H and O–H groups in total. The number of sulfone groups is 1. The van der Waals surface area contributed by atoms with E-state index in [0.717, 1.165) is 18.2 Å². The predicted molar refractivity (Wildman–Crippen MR) is 77.8 cm³/mol. The van der Waals surface area contributed by atoms with Crippen LogP contribution in [-0.2, 0) is 16.0 Å². The van der Waals surface area contributed by atoms with Crippen LogP contribution in [0.3, 0.4) is 0 Å². The van der Waals surface area contributed by atoms with Gasteiger partial charge >= 0.3 is 6.18 Å². The number of halogens is 5. The Bertz CT molecular complexity index is 836. The number of hydrogen-bond acceptors (Lipinski definition) is 3. The highest BCUT2D eigenvalue weighted by Crippen LogP contribution is 2.37. The minimum atomic E-state index is -4.77. The lowest BCUT2D eigenvalue weighted by atomic mass is 10.2. The molecule has 0 saturated carbocycles. The first kappa shape index (κ1) is 16.9. The Morgan fingerprint density at radius 1 is 1.00 bits per heavy atom. The molecule has 0 fully saturated rings. The summed E-state index contributed by atoms with van der Waals surface area (Å²) in [4.78, 5) is -0.947.